The quantitative estimate of drug-likeness (QED) is 0.875. The van der Waals surface area contributed by atoms with Gasteiger partial charge < -0.3 is 19.9 Å². The molecule has 2 aliphatic rings. The maximum atomic E-state index is 11.1. The fourth-order valence-electron chi connectivity index (χ4n) is 3.13. The Morgan fingerprint density at radius 1 is 1.38 bits per heavy atom. The first kappa shape index (κ1) is 14.5. The van der Waals surface area contributed by atoms with E-state index in [9.17, 15) is 4.79 Å². The van der Waals surface area contributed by atoms with Crippen LogP contribution in [0.2, 0.25) is 5.02 Å². The van der Waals surface area contributed by atoms with Crippen molar-refractivity contribution in [3.05, 3.63) is 22.7 Å². The number of carboxylic acids is 1. The summed E-state index contributed by atoms with van der Waals surface area (Å²) in [6.07, 6.45) is 2.77. The second-order valence-electron chi connectivity index (χ2n) is 5.58. The summed E-state index contributed by atoms with van der Waals surface area (Å²) >= 11 is 6.14. The van der Waals surface area contributed by atoms with Gasteiger partial charge in [-0.3, -0.25) is 4.79 Å². The number of aliphatic carboxylic acids is 1. The van der Waals surface area contributed by atoms with Gasteiger partial charge in [0.2, 0.25) is 6.79 Å². The molecule has 1 heterocycles. The van der Waals surface area contributed by atoms with Gasteiger partial charge in [0.15, 0.2) is 11.5 Å². The summed E-state index contributed by atoms with van der Waals surface area (Å²) in [5.74, 6) is 0.598. The molecule has 0 saturated heterocycles. The van der Waals surface area contributed by atoms with Crippen LogP contribution in [0.4, 0.5) is 0 Å². The van der Waals surface area contributed by atoms with Gasteiger partial charge in [0.05, 0.1) is 10.9 Å². The predicted octanol–water partition coefficient (Wildman–Crippen LogP) is 2.66. The lowest BCUT2D eigenvalue weighted by Gasteiger charge is -2.16. The number of benzene rings is 1. The maximum absolute atomic E-state index is 11.1. The van der Waals surface area contributed by atoms with Crippen molar-refractivity contribution < 1.29 is 19.4 Å². The summed E-state index contributed by atoms with van der Waals surface area (Å²) in [7, 11) is 0. The highest BCUT2D eigenvalue weighted by Crippen LogP contribution is 2.39. The van der Waals surface area contributed by atoms with Gasteiger partial charge in [-0.1, -0.05) is 18.0 Å². The van der Waals surface area contributed by atoms with Gasteiger partial charge in [-0.2, -0.15) is 0 Å². The van der Waals surface area contributed by atoms with E-state index in [0.717, 1.165) is 24.8 Å². The molecule has 0 spiro atoms. The van der Waals surface area contributed by atoms with Crippen molar-refractivity contribution in [1.82, 2.24) is 5.32 Å². The van der Waals surface area contributed by atoms with Crippen molar-refractivity contribution in [1.29, 1.82) is 0 Å². The van der Waals surface area contributed by atoms with Crippen LogP contribution in [0.5, 0.6) is 11.5 Å². The number of ether oxygens (including phenoxy) is 2. The molecular formula is C15H18ClNO4. The normalized spacial score (nSPS) is 23.5. The molecule has 6 heteroatoms. The van der Waals surface area contributed by atoms with Crippen molar-refractivity contribution in [2.24, 2.45) is 11.8 Å². The smallest absolute Gasteiger partial charge is 0.306 e. The lowest BCUT2D eigenvalue weighted by Crippen LogP contribution is -2.28. The Hall–Kier alpha value is -1.46. The molecule has 3 rings (SSSR count). The molecule has 1 fully saturated rings. The molecule has 0 radical (unpaired) electrons. The Labute approximate surface area is 128 Å². The van der Waals surface area contributed by atoms with Gasteiger partial charge in [-0.15, -0.1) is 0 Å². The van der Waals surface area contributed by atoms with E-state index < -0.39 is 5.97 Å². The second kappa shape index (κ2) is 6.12. The minimum atomic E-state index is -0.676. The maximum Gasteiger partial charge on any atom is 0.306 e. The van der Waals surface area contributed by atoms with Crippen LogP contribution in [-0.4, -0.2) is 24.4 Å². The lowest BCUT2D eigenvalue weighted by atomic mass is 9.96. The Balaban J connectivity index is 1.56. The molecule has 0 bridgehead atoms. The van der Waals surface area contributed by atoms with Crippen molar-refractivity contribution in [2.75, 3.05) is 13.3 Å². The molecule has 2 N–H and O–H groups in total. The van der Waals surface area contributed by atoms with Crippen LogP contribution in [0.25, 0.3) is 0 Å². The highest BCUT2D eigenvalue weighted by Gasteiger charge is 2.32. The van der Waals surface area contributed by atoms with Crippen molar-refractivity contribution in [2.45, 2.75) is 25.8 Å². The molecule has 1 aliphatic heterocycles. The Morgan fingerprint density at radius 2 is 2.24 bits per heavy atom. The molecule has 1 aliphatic carbocycles. The minimum Gasteiger partial charge on any atom is -0.481 e. The van der Waals surface area contributed by atoms with Gasteiger partial charge in [-0.05, 0) is 43.0 Å². The zero-order valence-electron chi connectivity index (χ0n) is 11.6. The first-order valence-corrected chi connectivity index (χ1v) is 7.54. The third-order valence-corrected chi connectivity index (χ3v) is 4.48. The molecule has 1 aromatic carbocycles. The number of fused-ring (bicyclic) bond motifs is 1. The van der Waals surface area contributed by atoms with Gasteiger partial charge in [0, 0.05) is 6.54 Å². The van der Waals surface area contributed by atoms with Gasteiger partial charge >= 0.3 is 5.97 Å². The number of hydrogen-bond donors (Lipinski definition) is 2. The van der Waals surface area contributed by atoms with E-state index in [1.54, 1.807) is 0 Å². The van der Waals surface area contributed by atoms with Crippen LogP contribution in [-0.2, 0) is 11.3 Å². The third-order valence-electron chi connectivity index (χ3n) is 4.20. The van der Waals surface area contributed by atoms with Crippen LogP contribution < -0.4 is 14.8 Å². The van der Waals surface area contributed by atoms with E-state index in [1.165, 1.54) is 0 Å². The molecular weight excluding hydrogens is 294 g/mol. The van der Waals surface area contributed by atoms with E-state index in [1.807, 2.05) is 12.1 Å². The van der Waals surface area contributed by atoms with Gasteiger partial charge in [0.25, 0.3) is 0 Å². The van der Waals surface area contributed by atoms with E-state index in [-0.39, 0.29) is 18.6 Å². The third kappa shape index (κ3) is 3.09. The van der Waals surface area contributed by atoms with Gasteiger partial charge in [-0.25, -0.2) is 0 Å². The van der Waals surface area contributed by atoms with Crippen LogP contribution in [0.15, 0.2) is 12.1 Å². The monoisotopic (exact) mass is 311 g/mol. The van der Waals surface area contributed by atoms with Crippen LogP contribution in [0.1, 0.15) is 24.8 Å². The number of carboxylic acid groups (broad SMARTS) is 1. The molecule has 0 aromatic heterocycles. The predicted molar refractivity (Wildman–Crippen MR) is 77.7 cm³/mol. The van der Waals surface area contributed by atoms with Crippen molar-refractivity contribution >= 4 is 17.6 Å². The minimum absolute atomic E-state index is 0.203. The SMILES string of the molecule is O=C(O)C1CCCC1CNCc1cc(Cl)c2c(c1)OCO2. The molecule has 2 atom stereocenters. The molecule has 1 saturated carbocycles. The highest BCUT2D eigenvalue weighted by atomic mass is 35.5. The van der Waals surface area contributed by atoms with E-state index in [0.29, 0.717) is 29.6 Å². The Kier molecular flexibility index (Phi) is 4.22. The largest absolute Gasteiger partial charge is 0.481 e. The average Bonchev–Trinajstić information content (AvgIpc) is 3.07. The standard InChI is InChI=1S/C15H18ClNO4/c16-12-4-9(5-13-14(12)21-8-20-13)6-17-7-10-2-1-3-11(10)15(18)19/h4-5,10-11,17H,1-3,6-8H2,(H,18,19). The summed E-state index contributed by atoms with van der Waals surface area (Å²) in [6, 6.07) is 3.76. The van der Waals surface area contributed by atoms with E-state index >= 15 is 0 Å². The van der Waals surface area contributed by atoms with Crippen LogP contribution >= 0.6 is 11.6 Å². The first-order valence-electron chi connectivity index (χ1n) is 7.16. The topological polar surface area (TPSA) is 67.8 Å². The number of rotatable bonds is 5. The summed E-state index contributed by atoms with van der Waals surface area (Å²) in [4.78, 5) is 11.1. The second-order valence-corrected chi connectivity index (χ2v) is 5.99. The van der Waals surface area contributed by atoms with Crippen molar-refractivity contribution in [3.8, 4) is 11.5 Å². The Bertz CT molecular complexity index is 549. The van der Waals surface area contributed by atoms with Gasteiger partial charge in [0.1, 0.15) is 0 Å². The first-order chi connectivity index (χ1) is 10.1. The summed E-state index contributed by atoms with van der Waals surface area (Å²) in [5.41, 5.74) is 1.01. The molecule has 1 aromatic rings. The average molecular weight is 312 g/mol. The fourth-order valence-corrected chi connectivity index (χ4v) is 3.42. The molecule has 114 valence electrons. The summed E-state index contributed by atoms with van der Waals surface area (Å²) < 4.78 is 10.6. The van der Waals surface area contributed by atoms with Crippen LogP contribution in [0, 0.1) is 11.8 Å². The van der Waals surface area contributed by atoms with Crippen molar-refractivity contribution in [3.63, 3.8) is 0 Å². The molecule has 0 amide bonds. The molecule has 5 nitrogen and oxygen atoms in total. The zero-order chi connectivity index (χ0) is 14.8. The zero-order valence-corrected chi connectivity index (χ0v) is 12.4. The summed E-state index contributed by atoms with van der Waals surface area (Å²) in [6.45, 7) is 1.55. The van der Waals surface area contributed by atoms with E-state index in [2.05, 4.69) is 5.32 Å². The Morgan fingerprint density at radius 3 is 3.05 bits per heavy atom. The summed E-state index contributed by atoms with van der Waals surface area (Å²) in [5, 5.41) is 13.0. The molecule has 2 unspecified atom stereocenters. The fraction of sp³-hybridized carbons (Fsp3) is 0.533. The van der Waals surface area contributed by atoms with E-state index in [4.69, 9.17) is 26.2 Å². The number of hydrogen-bond acceptors (Lipinski definition) is 4. The lowest BCUT2D eigenvalue weighted by molar-refractivity contribution is -0.142. The number of halogens is 1. The number of nitrogens with one attached hydrogen (secondary N) is 1. The highest BCUT2D eigenvalue weighted by molar-refractivity contribution is 6.32. The molecule has 21 heavy (non-hydrogen) atoms. The number of carbonyl (C=O) groups is 1. The van der Waals surface area contributed by atoms with Crippen LogP contribution in [0.3, 0.4) is 0 Å².